The molecule has 1 heterocycles. The molecule has 1 atom stereocenters. The van der Waals surface area contributed by atoms with E-state index in [1.807, 2.05) is 0 Å². The Bertz CT molecular complexity index is 643. The molecular formula is C18H26FNO3S. The van der Waals surface area contributed by atoms with Crippen molar-refractivity contribution in [1.29, 1.82) is 0 Å². The van der Waals surface area contributed by atoms with Gasteiger partial charge in [0.15, 0.2) is 0 Å². The van der Waals surface area contributed by atoms with Crippen LogP contribution in [-0.4, -0.2) is 37.7 Å². The Morgan fingerprint density at radius 2 is 1.92 bits per heavy atom. The summed E-state index contributed by atoms with van der Waals surface area (Å²) >= 11 is 0. The standard InChI is InChI=1S/C18H26FNO3S/c19-18-9-5-4-8-16(18)13-20-17(12-15-6-2-1-3-7-15)14-23-10-11-24(20,21)22/h4-5,8-9,15,17H,1-3,6-7,10-14H2/t17-/m0/s1. The maximum Gasteiger partial charge on any atom is 0.217 e. The predicted molar refractivity (Wildman–Crippen MR) is 91.5 cm³/mol. The highest BCUT2D eigenvalue weighted by atomic mass is 32.2. The van der Waals surface area contributed by atoms with Crippen molar-refractivity contribution in [2.45, 2.75) is 51.1 Å². The summed E-state index contributed by atoms with van der Waals surface area (Å²) < 4.78 is 46.5. The lowest BCUT2D eigenvalue weighted by atomic mass is 9.85. The van der Waals surface area contributed by atoms with Crippen molar-refractivity contribution < 1.29 is 17.5 Å². The molecule has 0 amide bonds. The van der Waals surface area contributed by atoms with Crippen LogP contribution < -0.4 is 0 Å². The zero-order chi connectivity index (χ0) is 17.0. The third-order valence-corrected chi connectivity index (χ3v) is 7.00. The molecule has 1 saturated carbocycles. The van der Waals surface area contributed by atoms with Crippen LogP contribution in [0.15, 0.2) is 24.3 Å². The van der Waals surface area contributed by atoms with Gasteiger partial charge in [-0.15, -0.1) is 0 Å². The molecular weight excluding hydrogens is 329 g/mol. The number of nitrogens with zero attached hydrogens (tertiary/aromatic N) is 1. The van der Waals surface area contributed by atoms with Gasteiger partial charge in [0.05, 0.1) is 19.0 Å². The number of halogens is 1. The van der Waals surface area contributed by atoms with Gasteiger partial charge in [0.1, 0.15) is 5.82 Å². The van der Waals surface area contributed by atoms with E-state index in [9.17, 15) is 12.8 Å². The molecule has 0 N–H and O–H groups in total. The zero-order valence-electron chi connectivity index (χ0n) is 14.0. The minimum absolute atomic E-state index is 0.0252. The Balaban J connectivity index is 1.81. The summed E-state index contributed by atoms with van der Waals surface area (Å²) in [7, 11) is -3.43. The van der Waals surface area contributed by atoms with Crippen molar-refractivity contribution in [3.8, 4) is 0 Å². The number of rotatable bonds is 4. The Morgan fingerprint density at radius 3 is 2.67 bits per heavy atom. The molecule has 2 fully saturated rings. The Morgan fingerprint density at radius 1 is 1.17 bits per heavy atom. The molecule has 1 saturated heterocycles. The van der Waals surface area contributed by atoms with Crippen molar-refractivity contribution in [2.24, 2.45) is 5.92 Å². The van der Waals surface area contributed by atoms with E-state index < -0.39 is 10.0 Å². The first kappa shape index (κ1) is 17.8. The van der Waals surface area contributed by atoms with Gasteiger partial charge in [0.25, 0.3) is 0 Å². The average molecular weight is 355 g/mol. The van der Waals surface area contributed by atoms with Gasteiger partial charge in [0, 0.05) is 18.2 Å². The topological polar surface area (TPSA) is 46.6 Å². The first-order valence-electron chi connectivity index (χ1n) is 8.87. The van der Waals surface area contributed by atoms with E-state index in [2.05, 4.69) is 0 Å². The third-order valence-electron chi connectivity index (χ3n) is 5.17. The largest absolute Gasteiger partial charge is 0.379 e. The first-order valence-corrected chi connectivity index (χ1v) is 10.5. The van der Waals surface area contributed by atoms with Gasteiger partial charge >= 0.3 is 0 Å². The smallest absolute Gasteiger partial charge is 0.217 e. The Kier molecular flexibility index (Phi) is 5.89. The quantitative estimate of drug-likeness (QED) is 0.832. The molecule has 24 heavy (non-hydrogen) atoms. The van der Waals surface area contributed by atoms with E-state index in [1.54, 1.807) is 18.2 Å². The molecule has 0 radical (unpaired) electrons. The second-order valence-corrected chi connectivity index (χ2v) is 8.96. The molecule has 2 aliphatic rings. The highest BCUT2D eigenvalue weighted by Gasteiger charge is 2.34. The van der Waals surface area contributed by atoms with Crippen LogP contribution in [-0.2, 0) is 21.3 Å². The van der Waals surface area contributed by atoms with E-state index >= 15 is 0 Å². The van der Waals surface area contributed by atoms with E-state index in [1.165, 1.54) is 29.6 Å². The molecule has 0 spiro atoms. The lowest BCUT2D eigenvalue weighted by Gasteiger charge is -2.32. The van der Waals surface area contributed by atoms with Crippen LogP contribution in [0.2, 0.25) is 0 Å². The van der Waals surface area contributed by atoms with Gasteiger partial charge < -0.3 is 4.74 Å². The molecule has 1 aromatic rings. The Hall–Kier alpha value is -0.980. The second-order valence-electron chi connectivity index (χ2n) is 6.92. The van der Waals surface area contributed by atoms with Gasteiger partial charge in [-0.05, 0) is 18.4 Å². The van der Waals surface area contributed by atoms with E-state index in [0.29, 0.717) is 18.1 Å². The molecule has 0 unspecified atom stereocenters. The molecule has 3 rings (SSSR count). The molecule has 1 aliphatic heterocycles. The summed E-state index contributed by atoms with van der Waals surface area (Å²) in [5.74, 6) is 0.167. The van der Waals surface area contributed by atoms with Crippen LogP contribution in [0, 0.1) is 11.7 Å². The van der Waals surface area contributed by atoms with Gasteiger partial charge in [-0.25, -0.2) is 12.8 Å². The fourth-order valence-corrected chi connectivity index (χ4v) is 5.33. The fraction of sp³-hybridized carbons (Fsp3) is 0.667. The van der Waals surface area contributed by atoms with Crippen LogP contribution in [0.4, 0.5) is 4.39 Å². The maximum atomic E-state index is 14.0. The molecule has 0 bridgehead atoms. The van der Waals surface area contributed by atoms with Gasteiger partial charge in [-0.2, -0.15) is 4.31 Å². The average Bonchev–Trinajstić information content (AvgIpc) is 2.70. The summed E-state index contributed by atoms with van der Waals surface area (Å²) in [5.41, 5.74) is 0.427. The lowest BCUT2D eigenvalue weighted by Crippen LogP contribution is -2.42. The molecule has 134 valence electrons. The van der Waals surface area contributed by atoms with Crippen LogP contribution in [0.1, 0.15) is 44.1 Å². The zero-order valence-corrected chi connectivity index (χ0v) is 14.8. The monoisotopic (exact) mass is 355 g/mol. The van der Waals surface area contributed by atoms with Crippen molar-refractivity contribution in [3.63, 3.8) is 0 Å². The Labute approximate surface area is 144 Å². The highest BCUT2D eigenvalue weighted by Crippen LogP contribution is 2.31. The van der Waals surface area contributed by atoms with Crippen LogP contribution >= 0.6 is 0 Å². The number of hydrogen-bond donors (Lipinski definition) is 0. The van der Waals surface area contributed by atoms with Crippen LogP contribution in [0.5, 0.6) is 0 Å². The number of hydrogen-bond acceptors (Lipinski definition) is 3. The highest BCUT2D eigenvalue weighted by molar-refractivity contribution is 7.89. The summed E-state index contributed by atoms with van der Waals surface area (Å²) in [5, 5.41) is 0. The van der Waals surface area contributed by atoms with Crippen LogP contribution in [0.3, 0.4) is 0 Å². The summed E-state index contributed by atoms with van der Waals surface area (Å²) in [6.45, 7) is 0.719. The number of ether oxygens (including phenoxy) is 1. The molecule has 1 aliphatic carbocycles. The summed E-state index contributed by atoms with van der Waals surface area (Å²) in [6.07, 6.45) is 6.84. The summed E-state index contributed by atoms with van der Waals surface area (Å²) in [6, 6.07) is 6.22. The minimum Gasteiger partial charge on any atom is -0.379 e. The minimum atomic E-state index is -3.43. The van der Waals surface area contributed by atoms with Crippen molar-refractivity contribution in [2.75, 3.05) is 19.0 Å². The number of benzene rings is 1. The molecule has 1 aromatic carbocycles. The normalized spacial score (nSPS) is 26.1. The van der Waals surface area contributed by atoms with Gasteiger partial charge in [-0.3, -0.25) is 0 Å². The van der Waals surface area contributed by atoms with E-state index in [0.717, 1.165) is 19.3 Å². The van der Waals surface area contributed by atoms with Crippen molar-refractivity contribution in [3.05, 3.63) is 35.6 Å². The first-order chi connectivity index (χ1) is 11.6. The fourth-order valence-electron chi connectivity index (χ4n) is 3.83. The molecule has 4 nitrogen and oxygen atoms in total. The van der Waals surface area contributed by atoms with Gasteiger partial charge in [0.2, 0.25) is 10.0 Å². The second kappa shape index (κ2) is 7.93. The van der Waals surface area contributed by atoms with Crippen LogP contribution in [0.25, 0.3) is 0 Å². The van der Waals surface area contributed by atoms with Crippen molar-refractivity contribution in [1.82, 2.24) is 4.31 Å². The SMILES string of the molecule is O=S1(=O)CCOC[C@H](CC2CCCCC2)N1Cc1ccccc1F. The predicted octanol–water partition coefficient (Wildman–Crippen LogP) is 3.33. The van der Waals surface area contributed by atoms with Crippen molar-refractivity contribution >= 4 is 10.0 Å². The van der Waals surface area contributed by atoms with Gasteiger partial charge in [-0.1, -0.05) is 50.3 Å². The number of sulfonamides is 1. The third kappa shape index (κ3) is 4.35. The lowest BCUT2D eigenvalue weighted by molar-refractivity contribution is 0.0936. The van der Waals surface area contributed by atoms with E-state index in [-0.39, 0.29) is 30.8 Å². The molecule has 0 aromatic heterocycles. The maximum absolute atomic E-state index is 14.0. The molecule has 6 heteroatoms. The van der Waals surface area contributed by atoms with E-state index in [4.69, 9.17) is 4.74 Å². The summed E-state index contributed by atoms with van der Waals surface area (Å²) in [4.78, 5) is 0.